The summed E-state index contributed by atoms with van der Waals surface area (Å²) in [6, 6.07) is 14.2. The minimum absolute atomic E-state index is 0.0376. The van der Waals surface area contributed by atoms with Crippen molar-refractivity contribution in [3.05, 3.63) is 64.5 Å². The molecule has 2 aromatic heterocycles. The van der Waals surface area contributed by atoms with E-state index in [1.165, 1.54) is 11.3 Å². The highest BCUT2D eigenvalue weighted by Gasteiger charge is 2.22. The first-order valence-corrected chi connectivity index (χ1v) is 11.1. The van der Waals surface area contributed by atoms with Crippen molar-refractivity contribution in [1.82, 2.24) is 20.1 Å². The number of hydrogen-bond donors (Lipinski definition) is 1. The van der Waals surface area contributed by atoms with Crippen molar-refractivity contribution in [3.63, 3.8) is 0 Å². The van der Waals surface area contributed by atoms with Crippen LogP contribution >= 0.6 is 22.7 Å². The first-order valence-electron chi connectivity index (χ1n) is 9.45. The van der Waals surface area contributed by atoms with Crippen LogP contribution in [0.15, 0.2) is 54.0 Å². The zero-order valence-electron chi connectivity index (χ0n) is 15.9. The van der Waals surface area contributed by atoms with E-state index in [0.29, 0.717) is 4.88 Å². The molecule has 1 N–H and O–H groups in total. The Kier molecular flexibility index (Phi) is 6.17. The van der Waals surface area contributed by atoms with Crippen LogP contribution in [-0.4, -0.2) is 60.5 Å². The molecule has 1 amide bonds. The van der Waals surface area contributed by atoms with Crippen molar-refractivity contribution >= 4 is 28.6 Å². The van der Waals surface area contributed by atoms with Crippen molar-refractivity contribution in [3.8, 4) is 9.88 Å². The summed E-state index contributed by atoms with van der Waals surface area (Å²) in [4.78, 5) is 23.9. The van der Waals surface area contributed by atoms with Crippen LogP contribution in [0.2, 0.25) is 0 Å². The van der Waals surface area contributed by atoms with Crippen molar-refractivity contribution in [2.75, 3.05) is 39.8 Å². The summed E-state index contributed by atoms with van der Waals surface area (Å²) in [5.74, 6) is -0.0525. The van der Waals surface area contributed by atoms with E-state index in [4.69, 9.17) is 0 Å². The fourth-order valence-electron chi connectivity index (χ4n) is 3.33. The molecule has 1 saturated heterocycles. The van der Waals surface area contributed by atoms with Gasteiger partial charge in [0.25, 0.3) is 5.91 Å². The molecule has 1 aromatic carbocycles. The summed E-state index contributed by atoms with van der Waals surface area (Å²) in [6.07, 6.45) is 1.69. The van der Waals surface area contributed by atoms with Gasteiger partial charge in [-0.2, -0.15) is 0 Å². The van der Waals surface area contributed by atoms with Crippen LogP contribution in [0.1, 0.15) is 21.3 Å². The van der Waals surface area contributed by atoms with E-state index in [9.17, 15) is 4.79 Å². The van der Waals surface area contributed by atoms with Gasteiger partial charge in [-0.25, -0.2) is 4.98 Å². The van der Waals surface area contributed by atoms with Gasteiger partial charge in [0.15, 0.2) is 0 Å². The second-order valence-electron chi connectivity index (χ2n) is 7.05. The summed E-state index contributed by atoms with van der Waals surface area (Å²) in [5, 5.41) is 6.17. The lowest BCUT2D eigenvalue weighted by atomic mass is 10.1. The summed E-state index contributed by atoms with van der Waals surface area (Å²) >= 11 is 3.09. The van der Waals surface area contributed by atoms with E-state index in [1.54, 1.807) is 17.5 Å². The Morgan fingerprint density at radius 2 is 1.93 bits per heavy atom. The Morgan fingerprint density at radius 3 is 2.64 bits per heavy atom. The van der Waals surface area contributed by atoms with Gasteiger partial charge < -0.3 is 10.2 Å². The molecule has 3 heterocycles. The largest absolute Gasteiger partial charge is 0.343 e. The highest BCUT2D eigenvalue weighted by Crippen LogP contribution is 2.29. The van der Waals surface area contributed by atoms with Crippen molar-refractivity contribution in [2.24, 2.45) is 0 Å². The maximum atomic E-state index is 12.9. The van der Waals surface area contributed by atoms with Crippen LogP contribution in [0.4, 0.5) is 0 Å². The lowest BCUT2D eigenvalue weighted by molar-refractivity contribution is 0.0911. The number of nitrogens with zero attached hydrogens (tertiary/aromatic N) is 3. The number of thiophene rings is 1. The van der Waals surface area contributed by atoms with Gasteiger partial charge >= 0.3 is 0 Å². The predicted octanol–water partition coefficient (Wildman–Crippen LogP) is 3.59. The van der Waals surface area contributed by atoms with Crippen LogP contribution < -0.4 is 5.32 Å². The minimum atomic E-state index is -0.0525. The molecule has 0 saturated carbocycles. The number of nitrogens with one attached hydrogen (secondary N) is 1. The molecule has 28 heavy (non-hydrogen) atoms. The van der Waals surface area contributed by atoms with Crippen molar-refractivity contribution in [1.29, 1.82) is 0 Å². The van der Waals surface area contributed by atoms with Crippen LogP contribution in [0.25, 0.3) is 9.88 Å². The molecule has 146 valence electrons. The number of carbonyl (C=O) groups is 1. The molecule has 0 bridgehead atoms. The number of hydrogen-bond acceptors (Lipinski definition) is 6. The first kappa shape index (κ1) is 19.3. The molecule has 0 spiro atoms. The Morgan fingerprint density at radius 1 is 1.14 bits per heavy atom. The molecule has 1 atom stereocenters. The molecule has 4 rings (SSSR count). The Labute approximate surface area is 173 Å². The zero-order valence-corrected chi connectivity index (χ0v) is 17.5. The van der Waals surface area contributed by atoms with Crippen LogP contribution in [0.3, 0.4) is 0 Å². The van der Waals surface area contributed by atoms with Gasteiger partial charge in [0.05, 0.1) is 17.1 Å². The highest BCUT2D eigenvalue weighted by atomic mass is 32.1. The lowest BCUT2D eigenvalue weighted by Crippen LogP contribution is -2.47. The normalized spacial score (nSPS) is 16.8. The second kappa shape index (κ2) is 8.96. The van der Waals surface area contributed by atoms with Crippen LogP contribution in [0.5, 0.6) is 0 Å². The van der Waals surface area contributed by atoms with Gasteiger partial charge in [0, 0.05) is 32.7 Å². The number of amides is 1. The summed E-state index contributed by atoms with van der Waals surface area (Å²) in [5.41, 5.74) is 1.14. The van der Waals surface area contributed by atoms with E-state index in [1.807, 2.05) is 35.7 Å². The molecule has 0 aliphatic carbocycles. The number of likely N-dealkylation sites (N-methyl/N-ethyl adjacent to an activating group) is 1. The minimum Gasteiger partial charge on any atom is -0.343 e. The molecular formula is C21H24N4OS2. The number of carbonyl (C=O) groups excluding carboxylic acids is 1. The number of thiazole rings is 1. The zero-order chi connectivity index (χ0) is 19.3. The Bertz CT molecular complexity index is 886. The number of aromatic nitrogens is 1. The van der Waals surface area contributed by atoms with Gasteiger partial charge in [0.1, 0.15) is 9.88 Å². The number of benzene rings is 1. The van der Waals surface area contributed by atoms with Gasteiger partial charge in [0.2, 0.25) is 0 Å². The van der Waals surface area contributed by atoms with E-state index < -0.39 is 0 Å². The van der Waals surface area contributed by atoms with E-state index in [2.05, 4.69) is 39.3 Å². The van der Waals surface area contributed by atoms with E-state index >= 15 is 0 Å². The smallest absolute Gasteiger partial charge is 0.263 e. The second-order valence-corrected chi connectivity index (χ2v) is 9.03. The first-order chi connectivity index (χ1) is 13.7. The molecule has 0 radical (unpaired) electrons. The Hall–Kier alpha value is -2.06. The van der Waals surface area contributed by atoms with Crippen molar-refractivity contribution in [2.45, 2.75) is 6.04 Å². The molecule has 1 unspecified atom stereocenters. The van der Waals surface area contributed by atoms with E-state index in [-0.39, 0.29) is 11.9 Å². The predicted molar refractivity (Wildman–Crippen MR) is 116 cm³/mol. The average Bonchev–Trinajstić information content (AvgIpc) is 3.41. The molecule has 1 aliphatic rings. The summed E-state index contributed by atoms with van der Waals surface area (Å²) < 4.78 is 0. The molecule has 1 fully saturated rings. The molecule has 7 heteroatoms. The average molecular weight is 413 g/mol. The number of rotatable bonds is 6. The molecule has 1 aliphatic heterocycles. The fourth-order valence-corrected chi connectivity index (χ4v) is 4.95. The van der Waals surface area contributed by atoms with Gasteiger partial charge in [-0.15, -0.1) is 22.7 Å². The molecule has 3 aromatic rings. The maximum Gasteiger partial charge on any atom is 0.263 e. The Balaban J connectivity index is 1.48. The SMILES string of the molecule is CN1CCN(CC(NC(=O)c2cnc(-c3cccs3)s2)c2ccccc2)CC1. The summed E-state index contributed by atoms with van der Waals surface area (Å²) in [7, 11) is 2.16. The van der Waals surface area contributed by atoms with Crippen LogP contribution in [-0.2, 0) is 0 Å². The monoisotopic (exact) mass is 412 g/mol. The van der Waals surface area contributed by atoms with Gasteiger partial charge in [-0.1, -0.05) is 36.4 Å². The van der Waals surface area contributed by atoms with E-state index in [0.717, 1.165) is 48.2 Å². The molecule has 5 nitrogen and oxygen atoms in total. The topological polar surface area (TPSA) is 48.5 Å². The standard InChI is InChI=1S/C21H24N4OS2/c1-24-9-11-25(12-10-24)15-17(16-6-3-2-4-7-16)23-20(26)19-14-22-21(28-19)18-8-5-13-27-18/h2-8,13-14,17H,9-12,15H2,1H3,(H,23,26). The number of piperazine rings is 1. The summed E-state index contributed by atoms with van der Waals surface area (Å²) in [6.45, 7) is 5.00. The quantitative estimate of drug-likeness (QED) is 0.672. The van der Waals surface area contributed by atoms with Gasteiger partial charge in [-0.3, -0.25) is 9.69 Å². The third kappa shape index (κ3) is 4.67. The fraction of sp³-hybridized carbons (Fsp3) is 0.333. The maximum absolute atomic E-state index is 12.9. The molecular weight excluding hydrogens is 388 g/mol. The van der Waals surface area contributed by atoms with Gasteiger partial charge in [-0.05, 0) is 24.1 Å². The van der Waals surface area contributed by atoms with Crippen LogP contribution in [0, 0.1) is 0 Å². The lowest BCUT2D eigenvalue weighted by Gasteiger charge is -2.35. The van der Waals surface area contributed by atoms with Crippen molar-refractivity contribution < 1.29 is 4.79 Å². The third-order valence-corrected chi connectivity index (χ3v) is 7.04. The highest BCUT2D eigenvalue weighted by molar-refractivity contribution is 7.21. The third-order valence-electron chi connectivity index (χ3n) is 5.01.